The quantitative estimate of drug-likeness (QED) is 0.869. The van der Waals surface area contributed by atoms with Gasteiger partial charge in [0.15, 0.2) is 5.17 Å². The lowest BCUT2D eigenvalue weighted by atomic mass is 10.4. The number of benzene rings is 1. The zero-order valence-electron chi connectivity index (χ0n) is 9.69. The molecule has 0 aliphatic carbocycles. The van der Waals surface area contributed by atoms with Crippen LogP contribution in [0.2, 0.25) is 5.02 Å². The number of nitrogens with one attached hydrogen (secondary N) is 1. The van der Waals surface area contributed by atoms with Gasteiger partial charge in [-0.05, 0) is 24.3 Å². The zero-order chi connectivity index (χ0) is 12.8. The molecular weight excluding hydrogens is 288 g/mol. The highest BCUT2D eigenvalue weighted by Gasteiger charge is 2.10. The summed E-state index contributed by atoms with van der Waals surface area (Å²) >= 11 is 9.05. The molecule has 2 rings (SSSR count). The first kappa shape index (κ1) is 13.8. The Bertz CT molecular complexity index is 448. The fourth-order valence-electron chi connectivity index (χ4n) is 1.38. The Morgan fingerprint density at radius 3 is 2.89 bits per heavy atom. The maximum atomic E-state index is 11.6. The Morgan fingerprint density at radius 2 is 2.22 bits per heavy atom. The van der Waals surface area contributed by atoms with Gasteiger partial charge in [0, 0.05) is 27.8 Å². The van der Waals surface area contributed by atoms with Crippen LogP contribution >= 0.6 is 35.1 Å². The van der Waals surface area contributed by atoms with Gasteiger partial charge in [0.2, 0.25) is 5.91 Å². The number of carbonyl (C=O) groups is 1. The van der Waals surface area contributed by atoms with Crippen molar-refractivity contribution < 1.29 is 4.79 Å². The number of amidine groups is 1. The number of carbonyl (C=O) groups excluding carboxylic acids is 1. The summed E-state index contributed by atoms with van der Waals surface area (Å²) in [6, 6.07) is 7.63. The van der Waals surface area contributed by atoms with Crippen molar-refractivity contribution in [3.63, 3.8) is 0 Å². The molecule has 3 nitrogen and oxygen atoms in total. The highest BCUT2D eigenvalue weighted by Crippen LogP contribution is 2.20. The van der Waals surface area contributed by atoms with Gasteiger partial charge >= 0.3 is 0 Å². The number of aliphatic imine (C=N–C) groups is 1. The molecule has 0 saturated heterocycles. The van der Waals surface area contributed by atoms with Crippen molar-refractivity contribution >= 4 is 46.2 Å². The third kappa shape index (κ3) is 4.55. The van der Waals surface area contributed by atoms with Crippen LogP contribution in [0.3, 0.4) is 0 Å². The van der Waals surface area contributed by atoms with Crippen molar-refractivity contribution in [2.24, 2.45) is 4.99 Å². The molecule has 1 aromatic carbocycles. The second kappa shape index (κ2) is 7.07. The molecule has 1 aliphatic heterocycles. The molecule has 0 bridgehead atoms. The van der Waals surface area contributed by atoms with Gasteiger partial charge < -0.3 is 5.32 Å². The largest absolute Gasteiger partial charge is 0.305 e. The zero-order valence-corrected chi connectivity index (χ0v) is 12.1. The minimum absolute atomic E-state index is 0.0320. The maximum Gasteiger partial charge on any atom is 0.226 e. The van der Waals surface area contributed by atoms with Crippen molar-refractivity contribution in [3.8, 4) is 0 Å². The molecule has 0 aromatic heterocycles. The Balaban J connectivity index is 1.68. The average molecular weight is 301 g/mol. The predicted octanol–water partition coefficient (Wildman–Crippen LogP) is 3.04. The fraction of sp³-hybridized carbons (Fsp3) is 0.333. The highest BCUT2D eigenvalue weighted by atomic mass is 35.5. The summed E-state index contributed by atoms with van der Waals surface area (Å²) in [5.41, 5.74) is 0. The lowest BCUT2D eigenvalue weighted by Crippen LogP contribution is -2.27. The molecule has 1 N–H and O–H groups in total. The smallest absolute Gasteiger partial charge is 0.226 e. The summed E-state index contributed by atoms with van der Waals surface area (Å²) < 4.78 is 0. The summed E-state index contributed by atoms with van der Waals surface area (Å²) in [4.78, 5) is 16.9. The molecule has 0 atom stereocenters. The van der Waals surface area contributed by atoms with Crippen LogP contribution in [0.4, 0.5) is 0 Å². The van der Waals surface area contributed by atoms with Gasteiger partial charge in [-0.2, -0.15) is 0 Å². The summed E-state index contributed by atoms with van der Waals surface area (Å²) in [6.45, 7) is 0.805. The Labute approximate surface area is 120 Å². The normalized spacial score (nSPS) is 14.4. The number of nitrogens with zero attached hydrogens (tertiary/aromatic N) is 1. The Kier molecular flexibility index (Phi) is 5.41. The van der Waals surface area contributed by atoms with E-state index in [9.17, 15) is 4.79 Å². The average Bonchev–Trinajstić information content (AvgIpc) is 2.84. The third-order valence-corrected chi connectivity index (χ3v) is 4.40. The van der Waals surface area contributed by atoms with Crippen LogP contribution < -0.4 is 5.32 Å². The lowest BCUT2D eigenvalue weighted by molar-refractivity contribution is -0.119. The summed E-state index contributed by atoms with van der Waals surface area (Å²) in [6.07, 6.45) is 0.493. The van der Waals surface area contributed by atoms with E-state index in [1.54, 1.807) is 23.5 Å². The van der Waals surface area contributed by atoms with Crippen molar-refractivity contribution in [1.82, 2.24) is 5.32 Å². The molecular formula is C12H13ClN2OS2. The Morgan fingerprint density at radius 1 is 1.44 bits per heavy atom. The summed E-state index contributed by atoms with van der Waals surface area (Å²) in [5.74, 6) is 1.75. The number of hydrogen-bond acceptors (Lipinski definition) is 4. The predicted molar refractivity (Wildman–Crippen MR) is 79.7 cm³/mol. The van der Waals surface area contributed by atoms with E-state index in [-0.39, 0.29) is 5.91 Å². The topological polar surface area (TPSA) is 41.5 Å². The maximum absolute atomic E-state index is 11.6. The standard InChI is InChI=1S/C12H13ClN2OS2/c13-9-1-3-10(4-2-9)17-7-5-11(16)15-12-14-6-8-18-12/h1-4H,5-8H2,(H,14,15,16). The number of amides is 1. The Hall–Kier alpha value is -0.650. The highest BCUT2D eigenvalue weighted by molar-refractivity contribution is 8.14. The van der Waals surface area contributed by atoms with Crippen LogP contribution in [0.15, 0.2) is 34.2 Å². The monoisotopic (exact) mass is 300 g/mol. The van der Waals surface area contributed by atoms with Gasteiger partial charge in [-0.15, -0.1) is 11.8 Å². The SMILES string of the molecule is O=C(CCSc1ccc(Cl)cc1)NC1=NCCS1. The first-order valence-corrected chi connectivity index (χ1v) is 7.94. The van der Waals surface area contributed by atoms with Gasteiger partial charge in [0.1, 0.15) is 0 Å². The fourth-order valence-corrected chi connectivity index (χ4v) is 3.11. The van der Waals surface area contributed by atoms with Gasteiger partial charge in [0.25, 0.3) is 0 Å². The van der Waals surface area contributed by atoms with Gasteiger partial charge in [0.05, 0.1) is 6.54 Å². The molecule has 1 aliphatic rings. The van der Waals surface area contributed by atoms with Crippen LogP contribution in [0.1, 0.15) is 6.42 Å². The first-order valence-electron chi connectivity index (χ1n) is 5.59. The van der Waals surface area contributed by atoms with Crippen LogP contribution in [-0.4, -0.2) is 29.1 Å². The van der Waals surface area contributed by atoms with E-state index in [4.69, 9.17) is 11.6 Å². The van der Waals surface area contributed by atoms with Crippen molar-refractivity contribution in [2.75, 3.05) is 18.1 Å². The molecule has 0 saturated carbocycles. The molecule has 0 radical (unpaired) electrons. The van der Waals surface area contributed by atoms with Crippen molar-refractivity contribution in [1.29, 1.82) is 0 Å². The van der Waals surface area contributed by atoms with E-state index in [0.717, 1.165) is 33.1 Å². The number of thioether (sulfide) groups is 2. The number of rotatable bonds is 4. The molecule has 1 heterocycles. The molecule has 0 spiro atoms. The number of hydrogen-bond donors (Lipinski definition) is 1. The van der Waals surface area contributed by atoms with E-state index in [0.29, 0.717) is 6.42 Å². The first-order chi connectivity index (χ1) is 8.74. The van der Waals surface area contributed by atoms with E-state index in [1.165, 1.54) is 0 Å². The molecule has 1 aromatic rings. The van der Waals surface area contributed by atoms with Crippen LogP contribution in [0, 0.1) is 0 Å². The minimum Gasteiger partial charge on any atom is -0.305 e. The molecule has 6 heteroatoms. The van der Waals surface area contributed by atoms with E-state index in [2.05, 4.69) is 10.3 Å². The molecule has 18 heavy (non-hydrogen) atoms. The van der Waals surface area contributed by atoms with Gasteiger partial charge in [-0.25, -0.2) is 0 Å². The lowest BCUT2D eigenvalue weighted by Gasteiger charge is -2.04. The van der Waals surface area contributed by atoms with E-state index >= 15 is 0 Å². The van der Waals surface area contributed by atoms with Crippen LogP contribution in [-0.2, 0) is 4.79 Å². The van der Waals surface area contributed by atoms with E-state index < -0.39 is 0 Å². The van der Waals surface area contributed by atoms with Crippen LogP contribution in [0.5, 0.6) is 0 Å². The summed E-state index contributed by atoms with van der Waals surface area (Å²) in [5, 5.41) is 4.30. The second-order valence-corrected chi connectivity index (χ2v) is 6.32. The van der Waals surface area contributed by atoms with Gasteiger partial charge in [-0.1, -0.05) is 23.4 Å². The van der Waals surface area contributed by atoms with Crippen molar-refractivity contribution in [2.45, 2.75) is 11.3 Å². The van der Waals surface area contributed by atoms with E-state index in [1.807, 2.05) is 24.3 Å². The van der Waals surface area contributed by atoms with Crippen molar-refractivity contribution in [3.05, 3.63) is 29.3 Å². The molecule has 96 valence electrons. The molecule has 0 unspecified atom stereocenters. The summed E-state index contributed by atoms with van der Waals surface area (Å²) in [7, 11) is 0. The second-order valence-electron chi connectivity index (χ2n) is 3.64. The minimum atomic E-state index is 0.0320. The molecule has 0 fully saturated rings. The number of halogens is 1. The third-order valence-electron chi connectivity index (χ3n) is 2.24. The van der Waals surface area contributed by atoms with Gasteiger partial charge in [-0.3, -0.25) is 9.79 Å². The molecule has 1 amide bonds. The van der Waals surface area contributed by atoms with Crippen LogP contribution in [0.25, 0.3) is 0 Å².